The van der Waals surface area contributed by atoms with Gasteiger partial charge < -0.3 is 29.9 Å². The molecule has 11 nitrogen and oxygen atoms in total. The highest BCUT2D eigenvalue weighted by Crippen LogP contribution is 2.40. The van der Waals surface area contributed by atoms with Crippen LogP contribution in [0.15, 0.2) is 40.5 Å². The number of carbonyl (C=O) groups is 2. The molecular formula is C39H51ClN6O5S2. The number of hydrogen-bond acceptors (Lipinski definition) is 10. The molecule has 2 aromatic carbocycles. The number of phenolic OH excluding ortho intramolecular Hbond substituents is 1. The van der Waals surface area contributed by atoms with E-state index < -0.39 is 0 Å². The van der Waals surface area contributed by atoms with Crippen molar-refractivity contribution in [3.05, 3.63) is 77.8 Å². The van der Waals surface area contributed by atoms with Gasteiger partial charge in [-0.3, -0.25) is 19.3 Å². The number of halogens is 1. The minimum absolute atomic E-state index is 0.0667. The first-order valence-electron chi connectivity index (χ1n) is 18.7. The van der Waals surface area contributed by atoms with E-state index in [1.807, 2.05) is 41.2 Å². The van der Waals surface area contributed by atoms with E-state index in [0.29, 0.717) is 69.9 Å². The highest BCUT2D eigenvalue weighted by Gasteiger charge is 2.40. The standard InChI is InChI=1S/C39H51ClN6O5S2/c1-3-45(20-16-41-15-9-29-6-8-33(47)35-36(29)53-38(50)43-35)34(48)11-22-51-21-10-30-23-28(5-7-31(30)40)24-44-18-13-39(14-19-44)12-4-17-46(26-39)37(49)32-25-52-27(2)42-32/h5-8,23,25,41,47H,3-4,9-22,24,26H2,1-2H3,(H,43,50). The monoisotopic (exact) mass is 782 g/mol. The fourth-order valence-electron chi connectivity index (χ4n) is 7.67. The van der Waals surface area contributed by atoms with Crippen LogP contribution < -0.4 is 10.2 Å². The number of carbonyl (C=O) groups excluding carboxylic acids is 2. The van der Waals surface area contributed by atoms with E-state index in [-0.39, 0.29) is 27.9 Å². The summed E-state index contributed by atoms with van der Waals surface area (Å²) in [7, 11) is 0. The lowest BCUT2D eigenvalue weighted by Crippen LogP contribution is -2.51. The Balaban J connectivity index is 0.873. The smallest absolute Gasteiger partial charge is 0.305 e. The Labute approximate surface area is 324 Å². The highest BCUT2D eigenvalue weighted by atomic mass is 35.5. The molecule has 2 aromatic heterocycles. The van der Waals surface area contributed by atoms with Gasteiger partial charge in [0.2, 0.25) is 5.91 Å². The van der Waals surface area contributed by atoms with Gasteiger partial charge >= 0.3 is 4.87 Å². The van der Waals surface area contributed by atoms with Crippen LogP contribution in [0.2, 0.25) is 5.02 Å². The summed E-state index contributed by atoms with van der Waals surface area (Å²) in [6.07, 6.45) is 6.13. The van der Waals surface area contributed by atoms with Gasteiger partial charge in [0, 0.05) is 49.7 Å². The second kappa shape index (κ2) is 18.3. The number of hydrogen-bond donors (Lipinski definition) is 3. The molecule has 0 bridgehead atoms. The number of aromatic amines is 1. The van der Waals surface area contributed by atoms with Crippen molar-refractivity contribution in [2.75, 3.05) is 65.6 Å². The van der Waals surface area contributed by atoms with E-state index in [9.17, 15) is 19.5 Å². The molecule has 2 aliphatic rings. The second-order valence-electron chi connectivity index (χ2n) is 14.3. The molecule has 0 atom stereocenters. The van der Waals surface area contributed by atoms with Gasteiger partial charge in [-0.1, -0.05) is 41.1 Å². The molecule has 4 heterocycles. The number of aromatic nitrogens is 2. The fraction of sp³-hybridized carbons (Fsp3) is 0.538. The normalized spacial score (nSPS) is 16.1. The zero-order valence-electron chi connectivity index (χ0n) is 30.8. The summed E-state index contributed by atoms with van der Waals surface area (Å²) in [4.78, 5) is 51.1. The number of benzene rings is 2. The molecule has 4 aromatic rings. The van der Waals surface area contributed by atoms with Gasteiger partial charge in [-0.05, 0) is 106 Å². The van der Waals surface area contributed by atoms with E-state index in [0.717, 1.165) is 89.2 Å². The highest BCUT2D eigenvalue weighted by molar-refractivity contribution is 7.16. The maximum absolute atomic E-state index is 13.1. The van der Waals surface area contributed by atoms with Crippen molar-refractivity contribution >= 4 is 56.3 Å². The molecule has 53 heavy (non-hydrogen) atoms. The SMILES string of the molecule is CCN(CCNCCc1ccc(O)c2[nH]c(=O)sc12)C(=O)CCOCCc1cc(CN2CCC3(CCCN(C(=O)c4csc(C)n4)C3)CC2)ccc1Cl. The Hall–Kier alpha value is -3.33. The van der Waals surface area contributed by atoms with Crippen LogP contribution in [-0.2, 0) is 28.9 Å². The van der Waals surface area contributed by atoms with Crippen LogP contribution in [0.3, 0.4) is 0 Å². The summed E-state index contributed by atoms with van der Waals surface area (Å²) in [5.41, 5.74) is 4.57. The zero-order valence-corrected chi connectivity index (χ0v) is 33.1. The summed E-state index contributed by atoms with van der Waals surface area (Å²) in [6, 6.07) is 9.74. The number of phenols is 1. The minimum atomic E-state index is -0.181. The number of ether oxygens (including phenoxy) is 1. The van der Waals surface area contributed by atoms with Crippen molar-refractivity contribution in [2.24, 2.45) is 5.41 Å². The number of thiazole rings is 2. The summed E-state index contributed by atoms with van der Waals surface area (Å²) in [6.45, 7) is 11.9. The van der Waals surface area contributed by atoms with E-state index >= 15 is 0 Å². The Morgan fingerprint density at radius 1 is 1.09 bits per heavy atom. The number of nitrogens with one attached hydrogen (secondary N) is 2. The largest absolute Gasteiger partial charge is 0.506 e. The average Bonchev–Trinajstić information content (AvgIpc) is 3.78. The number of likely N-dealkylation sites (tertiary alicyclic amines) is 2. The van der Waals surface area contributed by atoms with Gasteiger partial charge in [-0.25, -0.2) is 4.98 Å². The summed E-state index contributed by atoms with van der Waals surface area (Å²) >= 11 is 9.23. The topological polar surface area (TPSA) is 131 Å². The quantitative estimate of drug-likeness (QED) is 0.121. The van der Waals surface area contributed by atoms with Gasteiger partial charge in [0.15, 0.2) is 0 Å². The molecule has 286 valence electrons. The van der Waals surface area contributed by atoms with Crippen molar-refractivity contribution in [1.29, 1.82) is 0 Å². The van der Waals surface area contributed by atoms with Crippen LogP contribution in [0.1, 0.15) is 71.2 Å². The minimum Gasteiger partial charge on any atom is -0.506 e. The maximum Gasteiger partial charge on any atom is 0.305 e. The number of aryl methyl sites for hydroxylation is 1. The molecule has 2 fully saturated rings. The molecule has 1 spiro atoms. The molecule has 14 heteroatoms. The van der Waals surface area contributed by atoms with Crippen molar-refractivity contribution in [2.45, 2.75) is 65.3 Å². The Morgan fingerprint density at radius 3 is 2.70 bits per heavy atom. The summed E-state index contributed by atoms with van der Waals surface area (Å²) in [5.74, 6) is 0.225. The molecule has 3 N–H and O–H groups in total. The predicted molar refractivity (Wildman–Crippen MR) is 212 cm³/mol. The Kier molecular flexibility index (Phi) is 13.6. The van der Waals surface area contributed by atoms with Crippen LogP contribution in [0, 0.1) is 12.3 Å². The number of aromatic hydroxyl groups is 1. The number of fused-ring (bicyclic) bond motifs is 1. The lowest BCUT2D eigenvalue weighted by Gasteiger charge is -2.47. The van der Waals surface area contributed by atoms with Gasteiger partial charge in [-0.15, -0.1) is 11.3 Å². The van der Waals surface area contributed by atoms with Crippen LogP contribution in [0.25, 0.3) is 10.2 Å². The lowest BCUT2D eigenvalue weighted by molar-refractivity contribution is -0.132. The Bertz CT molecular complexity index is 1920. The van der Waals surface area contributed by atoms with Crippen LogP contribution in [0.4, 0.5) is 0 Å². The molecular weight excluding hydrogens is 732 g/mol. The van der Waals surface area contributed by atoms with E-state index in [4.69, 9.17) is 16.3 Å². The number of H-pyrrole nitrogens is 1. The van der Waals surface area contributed by atoms with Crippen molar-refractivity contribution in [1.82, 2.24) is 30.0 Å². The third-order valence-corrected chi connectivity index (χ3v) is 12.8. The molecule has 0 aliphatic carbocycles. The fourth-order valence-corrected chi connectivity index (χ4v) is 9.36. The molecule has 2 aliphatic heterocycles. The predicted octanol–water partition coefficient (Wildman–Crippen LogP) is 5.86. The van der Waals surface area contributed by atoms with Gasteiger partial charge in [0.1, 0.15) is 17.0 Å². The van der Waals surface area contributed by atoms with Crippen LogP contribution >= 0.6 is 34.3 Å². The Morgan fingerprint density at radius 2 is 1.92 bits per heavy atom. The number of likely N-dealkylation sites (N-methyl/N-ethyl adjacent to an activating group) is 1. The average molecular weight is 783 g/mol. The van der Waals surface area contributed by atoms with Crippen molar-refractivity contribution in [3.63, 3.8) is 0 Å². The number of piperidine rings is 2. The van der Waals surface area contributed by atoms with Crippen molar-refractivity contribution in [3.8, 4) is 5.75 Å². The van der Waals surface area contributed by atoms with E-state index in [1.54, 1.807) is 6.07 Å². The molecule has 0 unspecified atom stereocenters. The molecule has 2 saturated heterocycles. The number of amides is 2. The zero-order chi connectivity index (χ0) is 37.4. The summed E-state index contributed by atoms with van der Waals surface area (Å²) in [5, 5.41) is 16.9. The number of nitrogens with zero attached hydrogens (tertiary/aromatic N) is 4. The third-order valence-electron chi connectivity index (χ3n) is 10.7. The third kappa shape index (κ3) is 10.3. The van der Waals surface area contributed by atoms with E-state index in [1.165, 1.54) is 23.3 Å². The molecule has 0 saturated carbocycles. The van der Waals surface area contributed by atoms with Crippen LogP contribution in [0.5, 0.6) is 5.75 Å². The summed E-state index contributed by atoms with van der Waals surface area (Å²) < 4.78 is 6.68. The van der Waals surface area contributed by atoms with Gasteiger partial charge in [0.25, 0.3) is 5.91 Å². The van der Waals surface area contributed by atoms with E-state index in [2.05, 4.69) is 32.3 Å². The molecule has 0 radical (unpaired) electrons. The van der Waals surface area contributed by atoms with Gasteiger partial charge in [0.05, 0.1) is 29.3 Å². The van der Waals surface area contributed by atoms with Crippen LogP contribution in [-0.4, -0.2) is 107 Å². The molecule has 2 amide bonds. The molecule has 6 rings (SSSR count). The number of rotatable bonds is 16. The maximum atomic E-state index is 13.1. The second-order valence-corrected chi connectivity index (χ2v) is 16.8. The van der Waals surface area contributed by atoms with Gasteiger partial charge in [-0.2, -0.15) is 0 Å². The first-order valence-corrected chi connectivity index (χ1v) is 20.8. The van der Waals surface area contributed by atoms with Crippen molar-refractivity contribution < 1.29 is 19.4 Å². The lowest BCUT2D eigenvalue weighted by atomic mass is 9.72. The first-order chi connectivity index (χ1) is 25.6. The first kappa shape index (κ1) is 39.4.